The number of rotatable bonds is 4. The fourth-order valence-electron chi connectivity index (χ4n) is 3.17. The first kappa shape index (κ1) is 52.9. The van der Waals surface area contributed by atoms with Crippen LogP contribution in [0.2, 0.25) is 0 Å². The van der Waals surface area contributed by atoms with Gasteiger partial charge in [-0.05, 0) is 91.3 Å². The molecule has 19 heteroatoms. The Morgan fingerprint density at radius 3 is 1.76 bits per heavy atom. The van der Waals surface area contributed by atoms with Crippen LogP contribution in [0, 0.1) is 6.92 Å². The second-order valence-corrected chi connectivity index (χ2v) is 58.5. The average Bonchev–Trinajstić information content (AvgIpc) is 3.43. The molecule has 0 saturated carbocycles. The Kier molecular flexibility index (Phi) is 30.3. The number of pyridine rings is 3. The van der Waals surface area contributed by atoms with Crippen LogP contribution in [0.25, 0.3) is 10.9 Å². The molecule has 0 atom stereocenters. The molecule has 283 valence electrons. The summed E-state index contributed by atoms with van der Waals surface area (Å²) in [6.45, 7) is 15.0. The zero-order chi connectivity index (χ0) is 38.3. The van der Waals surface area contributed by atoms with Crippen molar-refractivity contribution in [1.29, 1.82) is 0 Å². The quantitative estimate of drug-likeness (QED) is 0.103. The van der Waals surface area contributed by atoms with Gasteiger partial charge in [-0.25, -0.2) is 14.4 Å². The van der Waals surface area contributed by atoms with E-state index in [1.807, 2.05) is 54.5 Å². The molecule has 0 bridgehead atoms. The fraction of sp³-hybridized carbons (Fsp3) is 0.375. The Morgan fingerprint density at radius 1 is 0.824 bits per heavy atom. The summed E-state index contributed by atoms with van der Waals surface area (Å²) in [5.41, 5.74) is 2.71. The number of aromatic nitrogens is 4. The van der Waals surface area contributed by atoms with Crippen molar-refractivity contribution in [2.45, 2.75) is 74.0 Å². The Balaban J connectivity index is 0. The molecule has 0 aliphatic rings. The second kappa shape index (κ2) is 29.2. The Labute approximate surface area is 368 Å². The summed E-state index contributed by atoms with van der Waals surface area (Å²) < 4.78 is 15.1. The predicted molar refractivity (Wildman–Crippen MR) is 242 cm³/mol. The maximum atomic E-state index is 11.4. The first-order chi connectivity index (χ1) is 23.3. The van der Waals surface area contributed by atoms with Crippen LogP contribution in [0.1, 0.15) is 71.9 Å². The van der Waals surface area contributed by atoms with Gasteiger partial charge in [-0.2, -0.15) is 0 Å². The van der Waals surface area contributed by atoms with Gasteiger partial charge >= 0.3 is 132 Å². The number of halogens is 5. The number of hydrogen-bond donors (Lipinski definition) is 3. The van der Waals surface area contributed by atoms with E-state index in [1.54, 1.807) is 68.4 Å². The summed E-state index contributed by atoms with van der Waals surface area (Å²) in [5.74, 6) is -0.330. The number of anilines is 2. The molecule has 0 aromatic carbocycles. The number of esters is 1. The topological polar surface area (TPSA) is 157 Å². The fourth-order valence-corrected chi connectivity index (χ4v) is 3.17. The molecule has 0 unspecified atom stereocenters. The number of hydrogen-bond acceptors (Lipinski definition) is 9. The number of nitrogens with zero attached hydrogens (tertiary/aromatic N) is 3. The van der Waals surface area contributed by atoms with Gasteiger partial charge in [-0.3, -0.25) is 25.6 Å². The van der Waals surface area contributed by atoms with Crippen molar-refractivity contribution in [2.75, 3.05) is 17.2 Å². The number of nitrogens with one attached hydrogen (secondary N) is 3. The summed E-state index contributed by atoms with van der Waals surface area (Å²) in [5, 5.41) is 6.18. The third kappa shape index (κ3) is 28.9. The van der Waals surface area contributed by atoms with Crippen molar-refractivity contribution in [3.63, 3.8) is 0 Å². The van der Waals surface area contributed by atoms with E-state index in [4.69, 9.17) is 14.2 Å². The number of H-pyrrole nitrogens is 1. The van der Waals surface area contributed by atoms with Gasteiger partial charge in [0.25, 0.3) is 0 Å². The van der Waals surface area contributed by atoms with E-state index in [9.17, 15) is 14.4 Å². The molecule has 0 radical (unpaired) electrons. The molecule has 3 N–H and O–H groups in total. The van der Waals surface area contributed by atoms with Crippen LogP contribution in [0.3, 0.4) is 0 Å². The normalized spacial score (nSPS) is 10.0. The van der Waals surface area contributed by atoms with E-state index in [-0.39, 0.29) is 18.3 Å². The van der Waals surface area contributed by atoms with E-state index in [1.165, 1.54) is 0 Å². The van der Waals surface area contributed by atoms with E-state index in [0.717, 1.165) is 22.2 Å². The standard InChI is InChI=1S/C11H16N2O2.C10H10N2O2.C10H14N2O2.CH4.5HI.2V/c1-8-7-12-6-5-9(8)13-10(14)15-11(2,3)4;1-2-14-10(13)9-5-7-6-11-4-3-8(7)12-9;1-10(2,3)14-9(13)12-8-4-6-11-7-5-8;;;;;;;;/h5-7H,1-4H3,(H,12,13,14);3-6,12H,2H2,1H3;4-7H,1-3H3,(H,11,12,13);1H4;5*1H;;/q;;;;;;;;;+2;+3/p-5. The van der Waals surface area contributed by atoms with Gasteiger partial charge < -0.3 is 19.2 Å². The van der Waals surface area contributed by atoms with Gasteiger partial charge in [-0.1, -0.05) is 7.43 Å². The van der Waals surface area contributed by atoms with Crippen LogP contribution in [-0.4, -0.2) is 55.9 Å². The van der Waals surface area contributed by atoms with Crippen LogP contribution in [0.15, 0.2) is 67.5 Å². The minimum absolute atomic E-state index is 0. The monoisotopic (exact) mass is 1340 g/mol. The maximum absolute atomic E-state index is 11.4. The zero-order valence-corrected chi connectivity index (χ0v) is 42.2. The number of fused-ring (bicyclic) bond motifs is 1. The number of carbonyl (C=O) groups excluding carboxylic acids is 3. The Hall–Kier alpha value is -0.181. The van der Waals surface area contributed by atoms with Crippen molar-refractivity contribution >= 4 is 140 Å². The van der Waals surface area contributed by atoms with Crippen molar-refractivity contribution < 1.29 is 43.0 Å². The van der Waals surface area contributed by atoms with E-state index in [0.29, 0.717) is 27.5 Å². The van der Waals surface area contributed by atoms with Gasteiger partial charge in [-0.15, -0.1) is 0 Å². The molecular weight excluding hydrogens is 1300 g/mol. The molecular formula is C32H44I5N6O6V2. The molecule has 0 aliphatic carbocycles. The van der Waals surface area contributed by atoms with Crippen LogP contribution in [-0.2, 0) is 28.6 Å². The van der Waals surface area contributed by atoms with E-state index < -0.39 is 23.4 Å². The molecule has 2 amide bonds. The summed E-state index contributed by atoms with van der Waals surface area (Å²) in [4.78, 5) is 48.5. The van der Waals surface area contributed by atoms with Gasteiger partial charge in [0, 0.05) is 59.5 Å². The number of ether oxygens (including phenoxy) is 3. The van der Waals surface area contributed by atoms with Crippen LogP contribution < -0.4 is 10.6 Å². The molecule has 12 nitrogen and oxygen atoms in total. The minimum atomic E-state index is -0.481. The number of carbonyl (C=O) groups is 3. The number of aromatic amines is 1. The zero-order valence-electron chi connectivity index (χ0n) is 28.6. The molecule has 4 aromatic rings. The molecule has 4 rings (SSSR count). The van der Waals surface area contributed by atoms with Crippen LogP contribution >= 0.6 is 99.9 Å². The van der Waals surface area contributed by atoms with Crippen molar-refractivity contribution in [2.24, 2.45) is 0 Å². The summed E-state index contributed by atoms with van der Waals surface area (Å²) in [6, 6.07) is 8.69. The first-order valence-electron chi connectivity index (χ1n) is 14.4. The summed E-state index contributed by atoms with van der Waals surface area (Å²) in [7, 11) is 0.628. The Bertz CT molecular complexity index is 1540. The van der Waals surface area contributed by atoms with E-state index >= 15 is 0 Å². The van der Waals surface area contributed by atoms with Crippen molar-refractivity contribution in [1.82, 2.24) is 19.9 Å². The van der Waals surface area contributed by atoms with Gasteiger partial charge in [0.05, 0.1) is 6.61 Å². The third-order valence-corrected chi connectivity index (χ3v) is 4.90. The summed E-state index contributed by atoms with van der Waals surface area (Å²) >= 11 is 12.1. The predicted octanol–water partition coefficient (Wildman–Crippen LogP) is 12.0. The molecule has 51 heavy (non-hydrogen) atoms. The van der Waals surface area contributed by atoms with Gasteiger partial charge in [0.15, 0.2) is 0 Å². The molecule has 0 saturated heterocycles. The number of aryl methyl sites for hydroxylation is 1. The SMILES string of the molecule is C.CC(C)(C)OC(=O)Nc1ccncc1.CCOC(=O)c1cc2cnccc2[nH]1.Cc1cnccc1NC(=O)OC(C)(C)C.[I][V]([I])[I].[I][V][I]. The molecule has 0 fully saturated rings. The van der Waals surface area contributed by atoms with E-state index in [2.05, 4.69) is 130 Å². The third-order valence-electron chi connectivity index (χ3n) is 4.90. The molecule has 4 heterocycles. The van der Waals surface area contributed by atoms with Crippen LogP contribution in [0.4, 0.5) is 21.0 Å². The summed E-state index contributed by atoms with van der Waals surface area (Å²) in [6.07, 6.45) is 8.99. The van der Waals surface area contributed by atoms with Gasteiger partial charge in [0.1, 0.15) is 16.9 Å². The first-order valence-corrected chi connectivity index (χ1v) is 36.9. The molecule has 0 aliphatic heterocycles. The molecule has 0 spiro atoms. The average molecular weight is 1350 g/mol. The van der Waals surface area contributed by atoms with Crippen LogP contribution in [0.5, 0.6) is 0 Å². The second-order valence-electron chi connectivity index (χ2n) is 11.3. The number of amides is 2. The molecule has 4 aromatic heterocycles. The van der Waals surface area contributed by atoms with Gasteiger partial charge in [0.2, 0.25) is 0 Å². The Morgan fingerprint density at radius 2 is 1.29 bits per heavy atom. The van der Waals surface area contributed by atoms with Crippen molar-refractivity contribution in [3.8, 4) is 0 Å². The van der Waals surface area contributed by atoms with Crippen molar-refractivity contribution in [3.05, 3.63) is 78.8 Å².